The van der Waals surface area contributed by atoms with Gasteiger partial charge in [0.2, 0.25) is 3.12 Å². The van der Waals surface area contributed by atoms with E-state index in [4.69, 9.17) is 34.8 Å². The van der Waals surface area contributed by atoms with Crippen LogP contribution in [-0.4, -0.2) is 16.1 Å². The predicted molar refractivity (Wildman–Crippen MR) is 72.9 cm³/mol. The standard InChI is InChI=1S/2C4H9.CHCl3S.Al/c2*1-4(2)3;2-1(3,4)5;/h2*4H,1H2,2-3H3;5H;/q;;;+1/p-1. The van der Waals surface area contributed by atoms with Gasteiger partial charge in [0.15, 0.2) is 0 Å². The number of rotatable bonds is 5. The van der Waals surface area contributed by atoms with E-state index >= 15 is 0 Å². The minimum absolute atomic E-state index is 0.713. The molecule has 0 saturated heterocycles. The summed E-state index contributed by atoms with van der Waals surface area (Å²) in [6.07, 6.45) is 0. The molecule has 84 valence electrons. The van der Waals surface area contributed by atoms with Gasteiger partial charge in [0.25, 0.3) is 0 Å². The van der Waals surface area contributed by atoms with E-state index in [-0.39, 0.29) is 0 Å². The number of hydrogen-bond acceptors (Lipinski definition) is 1. The Labute approximate surface area is 110 Å². The van der Waals surface area contributed by atoms with Crippen LogP contribution in [0.1, 0.15) is 27.7 Å². The molecule has 0 aromatic heterocycles. The summed E-state index contributed by atoms with van der Waals surface area (Å²) < 4.78 is -1.11. The summed E-state index contributed by atoms with van der Waals surface area (Å²) >= 11 is 16.5. The fourth-order valence-electron chi connectivity index (χ4n) is 1.43. The summed E-state index contributed by atoms with van der Waals surface area (Å²) in [5, 5.41) is 2.49. The zero-order valence-electron chi connectivity index (χ0n) is 9.19. The van der Waals surface area contributed by atoms with Crippen LogP contribution in [0.4, 0.5) is 0 Å². The first-order valence-electron chi connectivity index (χ1n) is 4.95. The maximum absolute atomic E-state index is 5.82. The predicted octanol–water partition coefficient (Wildman–Crippen LogP) is 5.35. The summed E-state index contributed by atoms with van der Waals surface area (Å²) in [5.41, 5.74) is 0. The Kier molecular flexibility index (Phi) is 8.05. The largest absolute Gasteiger partial charge is 0.356 e. The van der Waals surface area contributed by atoms with Crippen molar-refractivity contribution in [3.8, 4) is 0 Å². The molecule has 0 atom stereocenters. The molecular formula is C9H18AlCl3S. The zero-order valence-corrected chi connectivity index (χ0v) is 13.4. The quantitative estimate of drug-likeness (QED) is 0.486. The van der Waals surface area contributed by atoms with Crippen LogP contribution in [0.25, 0.3) is 0 Å². The third-order valence-corrected chi connectivity index (χ3v) is 10.7. The van der Waals surface area contributed by atoms with E-state index in [9.17, 15) is 0 Å². The van der Waals surface area contributed by atoms with Crippen LogP contribution < -0.4 is 0 Å². The molecule has 0 bridgehead atoms. The molecule has 0 aromatic carbocycles. The normalized spacial score (nSPS) is 12.6. The molecule has 0 spiro atoms. The van der Waals surface area contributed by atoms with Crippen molar-refractivity contribution in [2.24, 2.45) is 11.8 Å². The summed E-state index contributed by atoms with van der Waals surface area (Å²) in [6.45, 7) is 8.94. The molecular weight excluding hydrogens is 274 g/mol. The van der Waals surface area contributed by atoms with Crippen LogP contribution in [0.15, 0.2) is 0 Å². The average molecular weight is 292 g/mol. The Morgan fingerprint density at radius 1 is 1.00 bits per heavy atom. The Bertz CT molecular complexity index is 147. The highest BCUT2D eigenvalue weighted by Gasteiger charge is 2.31. The van der Waals surface area contributed by atoms with Crippen molar-refractivity contribution >= 4 is 57.9 Å². The fourth-order valence-corrected chi connectivity index (χ4v) is 11.7. The fraction of sp³-hybridized carbons (Fsp3) is 1.00. The second-order valence-corrected chi connectivity index (χ2v) is 13.1. The lowest BCUT2D eigenvalue weighted by Gasteiger charge is -2.20. The molecule has 0 amide bonds. The van der Waals surface area contributed by atoms with Crippen LogP contribution in [-0.2, 0) is 0 Å². The molecule has 0 aliphatic heterocycles. The third-order valence-electron chi connectivity index (χ3n) is 1.77. The lowest BCUT2D eigenvalue weighted by atomic mass is 10.3. The van der Waals surface area contributed by atoms with Gasteiger partial charge >= 0.3 is 13.0 Å². The van der Waals surface area contributed by atoms with Gasteiger partial charge in [-0.05, 0) is 0 Å². The highest BCUT2D eigenvalue weighted by atomic mass is 35.6. The molecule has 0 aliphatic rings. The first-order chi connectivity index (χ1) is 6.20. The van der Waals surface area contributed by atoms with Crippen LogP contribution in [0.5, 0.6) is 0 Å². The van der Waals surface area contributed by atoms with Gasteiger partial charge in [-0.1, -0.05) is 84.9 Å². The van der Waals surface area contributed by atoms with E-state index in [2.05, 4.69) is 27.7 Å². The van der Waals surface area contributed by atoms with Crippen LogP contribution in [0.2, 0.25) is 10.6 Å². The van der Waals surface area contributed by atoms with Crippen LogP contribution >= 0.6 is 44.9 Å². The van der Waals surface area contributed by atoms with Gasteiger partial charge in [-0.2, -0.15) is 0 Å². The molecule has 0 unspecified atom stereocenters. The van der Waals surface area contributed by atoms with Gasteiger partial charge < -0.3 is 0 Å². The van der Waals surface area contributed by atoms with Crippen molar-refractivity contribution in [1.29, 1.82) is 0 Å². The molecule has 0 fully saturated rings. The Morgan fingerprint density at radius 3 is 1.57 bits per heavy atom. The van der Waals surface area contributed by atoms with Crippen molar-refractivity contribution < 1.29 is 0 Å². The molecule has 5 heteroatoms. The molecule has 0 heterocycles. The van der Waals surface area contributed by atoms with E-state index in [0.29, 0.717) is 11.8 Å². The smallest absolute Gasteiger partial charge is 0.205 e. The molecule has 14 heavy (non-hydrogen) atoms. The highest BCUT2D eigenvalue weighted by molar-refractivity contribution is 8.29. The van der Waals surface area contributed by atoms with Crippen LogP contribution in [0.3, 0.4) is 0 Å². The molecule has 0 radical (unpaired) electrons. The van der Waals surface area contributed by atoms with E-state index in [0.717, 1.165) is 0 Å². The molecule has 0 aliphatic carbocycles. The summed E-state index contributed by atoms with van der Waals surface area (Å²) in [6, 6.07) is 0. The van der Waals surface area contributed by atoms with Crippen molar-refractivity contribution in [3.63, 3.8) is 0 Å². The SMILES string of the molecule is CC(C)[CH2][Al]([CH2]C(C)C)[S]C(Cl)(Cl)Cl. The van der Waals surface area contributed by atoms with Crippen molar-refractivity contribution in [3.05, 3.63) is 0 Å². The van der Waals surface area contributed by atoms with E-state index in [1.54, 1.807) is 10.1 Å². The summed E-state index contributed by atoms with van der Waals surface area (Å²) in [7, 11) is 1.59. The van der Waals surface area contributed by atoms with Gasteiger partial charge in [0.05, 0.1) is 0 Å². The van der Waals surface area contributed by atoms with E-state index in [1.807, 2.05) is 0 Å². The Morgan fingerprint density at radius 2 is 1.36 bits per heavy atom. The first-order valence-corrected chi connectivity index (χ1v) is 10.0. The molecule has 0 nitrogen and oxygen atoms in total. The monoisotopic (exact) mass is 290 g/mol. The second kappa shape index (κ2) is 7.15. The Hall–Kier alpha value is 1.75. The van der Waals surface area contributed by atoms with Crippen molar-refractivity contribution in [2.45, 2.75) is 41.4 Å². The third kappa shape index (κ3) is 10.3. The van der Waals surface area contributed by atoms with E-state index in [1.165, 1.54) is 10.6 Å². The van der Waals surface area contributed by atoms with Gasteiger partial charge in [-0.25, -0.2) is 10.1 Å². The second-order valence-electron chi connectivity index (χ2n) is 4.44. The van der Waals surface area contributed by atoms with Crippen LogP contribution in [0, 0.1) is 11.8 Å². The molecule has 0 aromatic rings. The molecule has 0 rings (SSSR count). The van der Waals surface area contributed by atoms with E-state index < -0.39 is 16.1 Å². The Balaban J connectivity index is 4.11. The van der Waals surface area contributed by atoms with Gasteiger partial charge in [0.1, 0.15) is 0 Å². The summed E-state index contributed by atoms with van der Waals surface area (Å²) in [4.78, 5) is 0. The zero-order chi connectivity index (χ0) is 11.4. The average Bonchev–Trinajstić information content (AvgIpc) is 1.77. The number of alkyl halides is 3. The highest BCUT2D eigenvalue weighted by Crippen LogP contribution is 2.43. The maximum Gasteiger partial charge on any atom is 0.356 e. The molecule has 0 N–H and O–H groups in total. The number of halogens is 3. The first kappa shape index (κ1) is 15.8. The van der Waals surface area contributed by atoms with Crippen molar-refractivity contribution in [2.75, 3.05) is 0 Å². The van der Waals surface area contributed by atoms with Gasteiger partial charge in [0, 0.05) is 0 Å². The maximum atomic E-state index is 5.82. The van der Waals surface area contributed by atoms with Gasteiger partial charge in [-0.15, -0.1) is 0 Å². The minimum Gasteiger partial charge on any atom is -0.205 e. The lowest BCUT2D eigenvalue weighted by Crippen LogP contribution is -2.18. The minimum atomic E-state index is -1.11. The van der Waals surface area contributed by atoms with Gasteiger partial charge in [-0.3, -0.25) is 0 Å². The lowest BCUT2D eigenvalue weighted by molar-refractivity contribution is 0.698. The summed E-state index contributed by atoms with van der Waals surface area (Å²) in [5.74, 6) is 1.43. The van der Waals surface area contributed by atoms with Crippen molar-refractivity contribution in [1.82, 2.24) is 0 Å². The molecule has 0 saturated carbocycles. The number of hydrogen-bond donors (Lipinski definition) is 0. The topological polar surface area (TPSA) is 0 Å².